The second-order valence-electron chi connectivity index (χ2n) is 3.92. The molecule has 0 unspecified atom stereocenters. The van der Waals surface area contributed by atoms with Crippen LogP contribution in [0, 0.1) is 6.92 Å². The number of esters is 1. The molecule has 0 aliphatic carbocycles. The molecule has 0 saturated heterocycles. The van der Waals surface area contributed by atoms with Crippen molar-refractivity contribution in [3.8, 4) is 5.75 Å². The molecule has 1 rings (SSSR count). The Morgan fingerprint density at radius 1 is 1.47 bits per heavy atom. The lowest BCUT2D eigenvalue weighted by Gasteiger charge is -2.01. The minimum Gasteiger partial charge on any atom is -0.507 e. The maximum absolute atomic E-state index is 11.3. The highest BCUT2D eigenvalue weighted by Gasteiger charge is 1.99. The highest BCUT2D eigenvalue weighted by molar-refractivity contribution is 5.87. The van der Waals surface area contributed by atoms with E-state index in [1.807, 2.05) is 19.9 Å². The molecule has 0 heterocycles. The van der Waals surface area contributed by atoms with Gasteiger partial charge in [-0.1, -0.05) is 25.5 Å². The topological polar surface area (TPSA) is 46.5 Å². The van der Waals surface area contributed by atoms with Gasteiger partial charge in [0.25, 0.3) is 0 Å². The van der Waals surface area contributed by atoms with Crippen LogP contribution in [0.5, 0.6) is 5.75 Å². The summed E-state index contributed by atoms with van der Waals surface area (Å²) < 4.78 is 4.96. The molecule has 0 atom stereocenters. The van der Waals surface area contributed by atoms with Crippen LogP contribution < -0.4 is 0 Å². The lowest BCUT2D eigenvalue weighted by Crippen LogP contribution is -2.01. The molecule has 1 aromatic rings. The van der Waals surface area contributed by atoms with Crippen molar-refractivity contribution < 1.29 is 14.6 Å². The molecule has 0 aliphatic heterocycles. The van der Waals surface area contributed by atoms with Crippen molar-refractivity contribution in [2.75, 3.05) is 6.61 Å². The molecule has 0 saturated carbocycles. The third-order valence-electron chi connectivity index (χ3n) is 2.33. The van der Waals surface area contributed by atoms with E-state index in [1.165, 1.54) is 6.08 Å². The molecule has 0 radical (unpaired) electrons. The smallest absolute Gasteiger partial charge is 0.330 e. The van der Waals surface area contributed by atoms with Gasteiger partial charge in [-0.3, -0.25) is 0 Å². The minimum absolute atomic E-state index is 0.169. The van der Waals surface area contributed by atoms with Gasteiger partial charge in [0.1, 0.15) is 5.75 Å². The average Bonchev–Trinajstić information content (AvgIpc) is 2.28. The number of carbonyl (C=O) groups is 1. The molecule has 17 heavy (non-hydrogen) atoms. The zero-order chi connectivity index (χ0) is 12.7. The Morgan fingerprint density at radius 3 is 2.88 bits per heavy atom. The monoisotopic (exact) mass is 234 g/mol. The van der Waals surface area contributed by atoms with Crippen molar-refractivity contribution in [3.05, 3.63) is 35.4 Å². The third kappa shape index (κ3) is 4.72. The van der Waals surface area contributed by atoms with Gasteiger partial charge in [-0.25, -0.2) is 4.79 Å². The molecule has 0 aromatic heterocycles. The molecule has 0 fully saturated rings. The van der Waals surface area contributed by atoms with Crippen molar-refractivity contribution in [2.45, 2.75) is 26.7 Å². The van der Waals surface area contributed by atoms with Crippen LogP contribution in [0.3, 0.4) is 0 Å². The van der Waals surface area contributed by atoms with Gasteiger partial charge in [0.05, 0.1) is 6.61 Å². The van der Waals surface area contributed by atoms with Crippen LogP contribution in [0.1, 0.15) is 30.9 Å². The molecule has 0 amide bonds. The number of unbranched alkanes of at least 4 members (excludes halogenated alkanes) is 1. The fraction of sp³-hybridized carbons (Fsp3) is 0.357. The number of rotatable bonds is 5. The Kier molecular flexibility index (Phi) is 5.27. The van der Waals surface area contributed by atoms with E-state index >= 15 is 0 Å². The summed E-state index contributed by atoms with van der Waals surface area (Å²) in [6, 6.07) is 5.30. The summed E-state index contributed by atoms with van der Waals surface area (Å²) in [6.07, 6.45) is 4.76. The fourth-order valence-corrected chi connectivity index (χ4v) is 1.32. The highest BCUT2D eigenvalue weighted by Crippen LogP contribution is 2.19. The Hall–Kier alpha value is -1.77. The second kappa shape index (κ2) is 6.74. The fourth-order valence-electron chi connectivity index (χ4n) is 1.32. The first-order chi connectivity index (χ1) is 8.13. The summed E-state index contributed by atoms with van der Waals surface area (Å²) in [5.41, 5.74) is 1.59. The van der Waals surface area contributed by atoms with E-state index in [-0.39, 0.29) is 11.7 Å². The largest absolute Gasteiger partial charge is 0.507 e. The van der Waals surface area contributed by atoms with Crippen LogP contribution in [-0.4, -0.2) is 17.7 Å². The lowest BCUT2D eigenvalue weighted by molar-refractivity contribution is -0.137. The summed E-state index contributed by atoms with van der Waals surface area (Å²) >= 11 is 0. The first kappa shape index (κ1) is 13.3. The van der Waals surface area contributed by atoms with E-state index < -0.39 is 0 Å². The van der Waals surface area contributed by atoms with E-state index in [9.17, 15) is 9.90 Å². The number of carbonyl (C=O) groups excluding carboxylic acids is 1. The zero-order valence-electron chi connectivity index (χ0n) is 10.3. The number of hydrogen-bond acceptors (Lipinski definition) is 3. The van der Waals surface area contributed by atoms with E-state index in [4.69, 9.17) is 4.74 Å². The highest BCUT2D eigenvalue weighted by atomic mass is 16.5. The van der Waals surface area contributed by atoms with E-state index in [0.29, 0.717) is 12.2 Å². The molecule has 1 aromatic carbocycles. The van der Waals surface area contributed by atoms with Gasteiger partial charge in [-0.2, -0.15) is 0 Å². The molecule has 3 nitrogen and oxygen atoms in total. The SMILES string of the molecule is CCCCOC(=O)/C=C/c1ccc(C)cc1O. The number of hydrogen-bond donors (Lipinski definition) is 1. The zero-order valence-corrected chi connectivity index (χ0v) is 10.3. The molecular weight excluding hydrogens is 216 g/mol. The Bertz CT molecular complexity index is 408. The van der Waals surface area contributed by atoms with E-state index in [1.54, 1.807) is 18.2 Å². The summed E-state index contributed by atoms with van der Waals surface area (Å²) in [6.45, 7) is 4.37. The quantitative estimate of drug-likeness (QED) is 0.484. The Labute approximate surface area is 102 Å². The predicted molar refractivity (Wildman–Crippen MR) is 67.7 cm³/mol. The van der Waals surface area contributed by atoms with E-state index in [0.717, 1.165) is 18.4 Å². The van der Waals surface area contributed by atoms with Crippen molar-refractivity contribution in [1.82, 2.24) is 0 Å². The number of phenols is 1. The average molecular weight is 234 g/mol. The number of aryl methyl sites for hydroxylation is 1. The van der Waals surface area contributed by atoms with Gasteiger partial charge in [-0.15, -0.1) is 0 Å². The predicted octanol–water partition coefficient (Wildman–Crippen LogP) is 3.06. The van der Waals surface area contributed by atoms with Gasteiger partial charge in [0.2, 0.25) is 0 Å². The summed E-state index contributed by atoms with van der Waals surface area (Å²) in [7, 11) is 0. The molecular formula is C14H18O3. The summed E-state index contributed by atoms with van der Waals surface area (Å²) in [5.74, 6) is -0.207. The summed E-state index contributed by atoms with van der Waals surface area (Å²) in [5, 5.41) is 9.62. The molecule has 1 N–H and O–H groups in total. The van der Waals surface area contributed by atoms with Crippen LogP contribution >= 0.6 is 0 Å². The maximum atomic E-state index is 11.3. The van der Waals surface area contributed by atoms with Crippen LogP contribution in [0.15, 0.2) is 24.3 Å². The number of ether oxygens (including phenoxy) is 1. The third-order valence-corrected chi connectivity index (χ3v) is 2.33. The van der Waals surface area contributed by atoms with Crippen LogP contribution in [-0.2, 0) is 9.53 Å². The molecule has 0 bridgehead atoms. The van der Waals surface area contributed by atoms with Crippen LogP contribution in [0.25, 0.3) is 6.08 Å². The minimum atomic E-state index is -0.376. The number of benzene rings is 1. The molecule has 0 aliphatic rings. The maximum Gasteiger partial charge on any atom is 0.330 e. The van der Waals surface area contributed by atoms with Gasteiger partial charge in [0, 0.05) is 11.6 Å². The second-order valence-corrected chi connectivity index (χ2v) is 3.92. The van der Waals surface area contributed by atoms with Crippen molar-refractivity contribution in [2.24, 2.45) is 0 Å². The van der Waals surface area contributed by atoms with Crippen molar-refractivity contribution in [1.29, 1.82) is 0 Å². The van der Waals surface area contributed by atoms with Crippen molar-refractivity contribution in [3.63, 3.8) is 0 Å². The summed E-state index contributed by atoms with van der Waals surface area (Å²) in [4.78, 5) is 11.3. The number of aromatic hydroxyl groups is 1. The first-order valence-electron chi connectivity index (χ1n) is 5.78. The van der Waals surface area contributed by atoms with Gasteiger partial charge in [-0.05, 0) is 31.1 Å². The van der Waals surface area contributed by atoms with Gasteiger partial charge in [0.15, 0.2) is 0 Å². The van der Waals surface area contributed by atoms with E-state index in [2.05, 4.69) is 0 Å². The molecule has 0 spiro atoms. The standard InChI is InChI=1S/C14H18O3/c1-3-4-9-17-14(16)8-7-12-6-5-11(2)10-13(12)15/h5-8,10,15H,3-4,9H2,1-2H3/b8-7+. The molecule has 92 valence electrons. The normalized spacial score (nSPS) is 10.7. The Morgan fingerprint density at radius 2 is 2.24 bits per heavy atom. The van der Waals surface area contributed by atoms with Gasteiger partial charge >= 0.3 is 5.97 Å². The lowest BCUT2D eigenvalue weighted by atomic mass is 10.1. The van der Waals surface area contributed by atoms with Crippen molar-refractivity contribution >= 4 is 12.0 Å². The first-order valence-corrected chi connectivity index (χ1v) is 5.78. The Balaban J connectivity index is 2.55. The van der Waals surface area contributed by atoms with Crippen LogP contribution in [0.2, 0.25) is 0 Å². The molecule has 3 heteroatoms. The van der Waals surface area contributed by atoms with Crippen LogP contribution in [0.4, 0.5) is 0 Å². The number of phenolic OH excluding ortho intramolecular Hbond substituents is 1. The van der Waals surface area contributed by atoms with Gasteiger partial charge < -0.3 is 9.84 Å².